The molecule has 0 spiro atoms. The number of hydrogen-bond donors (Lipinski definition) is 2. The second-order valence-corrected chi connectivity index (χ2v) is 15.3. The quantitative estimate of drug-likeness (QED) is 0.142. The van der Waals surface area contributed by atoms with Crippen LogP contribution in [-0.4, -0.2) is 32.6 Å². The second-order valence-electron chi connectivity index (χ2n) is 13.3. The fourth-order valence-electron chi connectivity index (χ4n) is 5.39. The van der Waals surface area contributed by atoms with Crippen LogP contribution in [0.15, 0.2) is 130 Å². The van der Waals surface area contributed by atoms with Crippen molar-refractivity contribution in [3.8, 4) is 0 Å². The molecule has 6 aromatic rings. The number of hydrogen-bond acceptors (Lipinski definition) is 8. The number of halogens is 1. The third-order valence-corrected chi connectivity index (χ3v) is 9.75. The molecule has 0 aliphatic carbocycles. The summed E-state index contributed by atoms with van der Waals surface area (Å²) < 4.78 is 6.34. The second kappa shape index (κ2) is 16.0. The van der Waals surface area contributed by atoms with Crippen molar-refractivity contribution in [2.24, 2.45) is 0 Å². The fraction of sp³-hybridized carbons (Fsp3) is 0.195. The van der Waals surface area contributed by atoms with Gasteiger partial charge >= 0.3 is 6.09 Å². The molecule has 9 nitrogen and oxygen atoms in total. The maximum atomic E-state index is 13.7. The molecule has 0 aliphatic heterocycles. The van der Waals surface area contributed by atoms with E-state index in [9.17, 15) is 9.59 Å². The van der Waals surface area contributed by atoms with Crippen LogP contribution in [0.4, 0.5) is 27.7 Å². The SMILES string of the molecule is CC(C)c1ccc2c(N(c3ccccc3)c3cc(C(=O)NCc4ccccc4Br)ccc3Sc3ccc(NC(=O)OC(C)(C)C)cc3)ncnc2n1. The number of rotatable bonds is 10. The van der Waals surface area contributed by atoms with Crippen LogP contribution in [0.5, 0.6) is 0 Å². The molecule has 2 heterocycles. The van der Waals surface area contributed by atoms with E-state index in [0.717, 1.165) is 42.3 Å². The number of nitrogens with one attached hydrogen (secondary N) is 2. The summed E-state index contributed by atoms with van der Waals surface area (Å²) >= 11 is 5.11. The minimum absolute atomic E-state index is 0.213. The van der Waals surface area contributed by atoms with Gasteiger partial charge in [0.15, 0.2) is 11.5 Å². The molecule has 2 amide bonds. The van der Waals surface area contributed by atoms with E-state index in [-0.39, 0.29) is 11.8 Å². The van der Waals surface area contributed by atoms with E-state index in [1.807, 2.05) is 135 Å². The minimum Gasteiger partial charge on any atom is -0.444 e. The van der Waals surface area contributed by atoms with E-state index in [1.165, 1.54) is 18.1 Å². The predicted octanol–water partition coefficient (Wildman–Crippen LogP) is 10.8. The molecular formula is C41H39BrN6O3S. The van der Waals surface area contributed by atoms with Crippen LogP contribution in [0, 0.1) is 0 Å². The molecule has 0 unspecified atom stereocenters. The highest BCUT2D eigenvalue weighted by Gasteiger charge is 2.23. The van der Waals surface area contributed by atoms with Gasteiger partial charge in [0.25, 0.3) is 5.91 Å². The van der Waals surface area contributed by atoms with Crippen molar-refractivity contribution in [2.75, 3.05) is 10.2 Å². The van der Waals surface area contributed by atoms with Crippen LogP contribution in [0.25, 0.3) is 11.0 Å². The molecule has 4 aromatic carbocycles. The summed E-state index contributed by atoms with van der Waals surface area (Å²) in [5, 5.41) is 6.64. The van der Waals surface area contributed by atoms with E-state index >= 15 is 0 Å². The first kappa shape index (κ1) is 36.5. The van der Waals surface area contributed by atoms with E-state index < -0.39 is 11.7 Å². The van der Waals surface area contributed by atoms with E-state index in [4.69, 9.17) is 14.7 Å². The Labute approximate surface area is 316 Å². The van der Waals surface area contributed by atoms with Crippen molar-refractivity contribution in [2.45, 2.75) is 62.5 Å². The maximum Gasteiger partial charge on any atom is 0.412 e. The number of nitrogens with zero attached hydrogens (tertiary/aromatic N) is 4. The van der Waals surface area contributed by atoms with Gasteiger partial charge in [-0.3, -0.25) is 15.0 Å². The molecule has 0 saturated carbocycles. The number of amides is 2. The third kappa shape index (κ3) is 8.96. The van der Waals surface area contributed by atoms with Crippen molar-refractivity contribution < 1.29 is 14.3 Å². The monoisotopic (exact) mass is 774 g/mol. The zero-order valence-corrected chi connectivity index (χ0v) is 32.0. The lowest BCUT2D eigenvalue weighted by Crippen LogP contribution is -2.27. The standard InChI is InChI=1S/C41H39BrN6O3S/c1-26(2)34-21-20-32-37(47-34)44-25-45-38(32)48(30-12-7-6-8-13-30)35-23-27(39(49)43-24-28-11-9-10-14-33(28)42)15-22-36(35)52-31-18-16-29(17-19-31)46-40(50)51-41(3,4)5/h6-23,25-26H,24H2,1-5H3,(H,43,49)(H,46,50). The van der Waals surface area contributed by atoms with Gasteiger partial charge in [0.1, 0.15) is 11.9 Å². The Bertz CT molecular complexity index is 2210. The van der Waals surface area contributed by atoms with Gasteiger partial charge in [0.2, 0.25) is 0 Å². The van der Waals surface area contributed by atoms with Gasteiger partial charge in [-0.15, -0.1) is 0 Å². The summed E-state index contributed by atoms with van der Waals surface area (Å²) in [6, 6.07) is 35.0. The van der Waals surface area contributed by atoms with Gasteiger partial charge in [-0.25, -0.2) is 19.7 Å². The van der Waals surface area contributed by atoms with Crippen molar-refractivity contribution in [3.63, 3.8) is 0 Å². The number of anilines is 4. The van der Waals surface area contributed by atoms with Crippen LogP contribution in [0.3, 0.4) is 0 Å². The molecule has 6 rings (SSSR count). The van der Waals surface area contributed by atoms with Crippen LogP contribution in [-0.2, 0) is 11.3 Å². The first-order valence-corrected chi connectivity index (χ1v) is 18.5. The van der Waals surface area contributed by atoms with Gasteiger partial charge in [0.05, 0.1) is 11.1 Å². The molecule has 0 atom stereocenters. The average Bonchev–Trinajstić information content (AvgIpc) is 3.12. The van der Waals surface area contributed by atoms with E-state index in [0.29, 0.717) is 29.3 Å². The maximum absolute atomic E-state index is 13.7. The lowest BCUT2D eigenvalue weighted by atomic mass is 10.1. The molecule has 11 heteroatoms. The van der Waals surface area contributed by atoms with Crippen molar-refractivity contribution in [3.05, 3.63) is 137 Å². The highest BCUT2D eigenvalue weighted by molar-refractivity contribution is 9.10. The summed E-state index contributed by atoms with van der Waals surface area (Å²) in [6.45, 7) is 10.0. The summed E-state index contributed by atoms with van der Waals surface area (Å²) in [5.74, 6) is 0.645. The van der Waals surface area contributed by atoms with Gasteiger partial charge in [-0.2, -0.15) is 0 Å². The number of para-hydroxylation sites is 1. The third-order valence-electron chi connectivity index (χ3n) is 7.90. The van der Waals surface area contributed by atoms with Crippen molar-refractivity contribution in [1.82, 2.24) is 20.3 Å². The van der Waals surface area contributed by atoms with Crippen LogP contribution < -0.4 is 15.5 Å². The van der Waals surface area contributed by atoms with Gasteiger partial charge in [0, 0.05) is 43.4 Å². The summed E-state index contributed by atoms with van der Waals surface area (Å²) in [4.78, 5) is 44.2. The first-order valence-electron chi connectivity index (χ1n) is 16.9. The minimum atomic E-state index is -0.607. The highest BCUT2D eigenvalue weighted by Crippen LogP contribution is 2.44. The van der Waals surface area contributed by atoms with Gasteiger partial charge in [-0.1, -0.05) is 77.9 Å². The summed E-state index contributed by atoms with van der Waals surface area (Å²) in [6.07, 6.45) is 1.01. The number of aromatic nitrogens is 3. The van der Waals surface area contributed by atoms with Crippen LogP contribution in [0.1, 0.15) is 62.2 Å². The summed E-state index contributed by atoms with van der Waals surface area (Å²) in [7, 11) is 0. The molecule has 52 heavy (non-hydrogen) atoms. The van der Waals surface area contributed by atoms with Crippen LogP contribution >= 0.6 is 27.7 Å². The predicted molar refractivity (Wildman–Crippen MR) is 212 cm³/mol. The number of benzene rings is 4. The lowest BCUT2D eigenvalue weighted by molar-refractivity contribution is 0.0635. The molecule has 2 aromatic heterocycles. The fourth-order valence-corrected chi connectivity index (χ4v) is 6.73. The number of carbonyl (C=O) groups excluding carboxylic acids is 2. The Morgan fingerprint density at radius 3 is 2.33 bits per heavy atom. The van der Waals surface area contributed by atoms with Crippen molar-refractivity contribution in [1.29, 1.82) is 0 Å². The number of fused-ring (bicyclic) bond motifs is 1. The lowest BCUT2D eigenvalue weighted by Gasteiger charge is -2.27. The Kier molecular flexibility index (Phi) is 11.2. The Hall–Kier alpha value is -5.26. The van der Waals surface area contributed by atoms with Crippen LogP contribution in [0.2, 0.25) is 0 Å². The Morgan fingerprint density at radius 1 is 0.885 bits per heavy atom. The number of ether oxygens (including phenoxy) is 1. The molecule has 0 aliphatic rings. The highest BCUT2D eigenvalue weighted by atomic mass is 79.9. The molecule has 0 radical (unpaired) electrons. The van der Waals surface area contributed by atoms with Gasteiger partial charge in [-0.05, 0) is 105 Å². The molecule has 264 valence electrons. The molecule has 2 N–H and O–H groups in total. The zero-order valence-electron chi connectivity index (χ0n) is 29.6. The smallest absolute Gasteiger partial charge is 0.412 e. The van der Waals surface area contributed by atoms with Crippen molar-refractivity contribution >= 4 is 73.6 Å². The first-order chi connectivity index (χ1) is 24.9. The normalized spacial score (nSPS) is 11.4. The van der Waals surface area contributed by atoms with E-state index in [1.54, 1.807) is 0 Å². The average molecular weight is 776 g/mol. The largest absolute Gasteiger partial charge is 0.444 e. The number of carbonyl (C=O) groups is 2. The topological polar surface area (TPSA) is 109 Å². The zero-order chi connectivity index (χ0) is 36.8. The van der Waals surface area contributed by atoms with E-state index in [2.05, 4.69) is 45.4 Å². The molecule has 0 bridgehead atoms. The van der Waals surface area contributed by atoms with Gasteiger partial charge < -0.3 is 10.1 Å². The molecule has 0 fully saturated rings. The summed E-state index contributed by atoms with van der Waals surface area (Å²) in [5.41, 5.74) is 4.58. The molecule has 0 saturated heterocycles. The Morgan fingerprint density at radius 2 is 1.62 bits per heavy atom. The molecular weight excluding hydrogens is 736 g/mol. The Balaban J connectivity index is 1.42. The number of pyridine rings is 1.